The molecular weight excluding hydrogens is 364 g/mol. The molecule has 1 rings (SSSR count). The summed E-state index contributed by atoms with van der Waals surface area (Å²) >= 11 is 0. The Hall–Kier alpha value is -2.20. The summed E-state index contributed by atoms with van der Waals surface area (Å²) in [7, 11) is 5.95. The Labute approximate surface area is 165 Å². The van der Waals surface area contributed by atoms with Crippen molar-refractivity contribution in [2.45, 2.75) is 50.6 Å². The number of nitrogens with one attached hydrogen (secondary N) is 4. The van der Waals surface area contributed by atoms with Gasteiger partial charge >= 0.3 is 0 Å². The Bertz CT molecular complexity index is 583. The highest BCUT2D eigenvalue weighted by Crippen LogP contribution is 2.60. The molecule has 0 aromatic heterocycles. The van der Waals surface area contributed by atoms with Crippen LogP contribution < -0.4 is 32.7 Å². The first kappa shape index (κ1) is 23.8. The molecule has 0 aromatic rings. The number of hydrogen-bond acceptors (Lipinski definition) is 6. The third kappa shape index (κ3) is 4.61. The fraction of sp³-hybridized carbons (Fsp3) is 0.778. The lowest BCUT2D eigenvalue weighted by molar-refractivity contribution is -0.158. The maximum Gasteiger partial charge on any atom is 0.220 e. The predicted molar refractivity (Wildman–Crippen MR) is 105 cm³/mol. The van der Waals surface area contributed by atoms with Gasteiger partial charge in [-0.3, -0.25) is 19.2 Å². The second-order valence-corrected chi connectivity index (χ2v) is 7.66. The van der Waals surface area contributed by atoms with E-state index in [2.05, 4.69) is 21.3 Å². The first-order valence-electron chi connectivity index (χ1n) is 9.43. The van der Waals surface area contributed by atoms with Crippen LogP contribution in [0.3, 0.4) is 0 Å². The van der Waals surface area contributed by atoms with Crippen LogP contribution in [0.1, 0.15) is 44.9 Å². The number of hydrogen-bond donors (Lipinski definition) is 6. The van der Waals surface area contributed by atoms with E-state index in [1.807, 2.05) is 0 Å². The number of carbonyl (C=O) groups excluding carboxylic acids is 4. The molecule has 0 aliphatic heterocycles. The molecule has 0 heterocycles. The minimum absolute atomic E-state index is 0.0684. The fourth-order valence-corrected chi connectivity index (χ4v) is 4.55. The molecule has 0 radical (unpaired) electrons. The molecule has 0 spiro atoms. The lowest BCUT2D eigenvalue weighted by Crippen LogP contribution is -2.72. The monoisotopic (exact) mass is 398 g/mol. The van der Waals surface area contributed by atoms with E-state index in [0.29, 0.717) is 19.3 Å². The summed E-state index contributed by atoms with van der Waals surface area (Å²) in [6.07, 6.45) is 0.907. The van der Waals surface area contributed by atoms with Crippen LogP contribution in [0.15, 0.2) is 0 Å². The molecule has 0 bridgehead atoms. The van der Waals surface area contributed by atoms with Crippen LogP contribution in [0.4, 0.5) is 0 Å². The van der Waals surface area contributed by atoms with Crippen molar-refractivity contribution in [3.05, 3.63) is 0 Å². The van der Waals surface area contributed by atoms with Gasteiger partial charge in [-0.2, -0.15) is 0 Å². The highest BCUT2D eigenvalue weighted by atomic mass is 16.2. The van der Waals surface area contributed by atoms with E-state index in [1.165, 1.54) is 28.2 Å². The van der Waals surface area contributed by atoms with Gasteiger partial charge in [-0.15, -0.1) is 0 Å². The number of rotatable bonds is 8. The van der Waals surface area contributed by atoms with Crippen LogP contribution in [0, 0.1) is 10.8 Å². The summed E-state index contributed by atoms with van der Waals surface area (Å²) in [6.45, 7) is 0. The van der Waals surface area contributed by atoms with Crippen molar-refractivity contribution >= 4 is 23.6 Å². The molecule has 1 aliphatic carbocycles. The van der Waals surface area contributed by atoms with Gasteiger partial charge in [-0.25, -0.2) is 0 Å². The van der Waals surface area contributed by atoms with Gasteiger partial charge in [-0.05, 0) is 24.7 Å². The molecule has 0 saturated heterocycles. The van der Waals surface area contributed by atoms with E-state index in [0.717, 1.165) is 0 Å². The van der Waals surface area contributed by atoms with Gasteiger partial charge in [0, 0.05) is 59.3 Å². The molecule has 28 heavy (non-hydrogen) atoms. The molecule has 0 unspecified atom stereocenters. The van der Waals surface area contributed by atoms with E-state index in [1.54, 1.807) is 0 Å². The van der Waals surface area contributed by atoms with Gasteiger partial charge in [0.1, 0.15) is 0 Å². The molecule has 10 heteroatoms. The predicted octanol–water partition coefficient (Wildman–Crippen LogP) is -1.70. The average Bonchev–Trinajstić information content (AvgIpc) is 2.65. The van der Waals surface area contributed by atoms with Crippen molar-refractivity contribution in [1.82, 2.24) is 21.3 Å². The largest absolute Gasteiger partial charge is 0.359 e. The molecule has 10 nitrogen and oxygen atoms in total. The lowest BCUT2D eigenvalue weighted by atomic mass is 9.46. The topological polar surface area (TPSA) is 168 Å². The first-order chi connectivity index (χ1) is 13.0. The Morgan fingerprint density at radius 3 is 1.39 bits per heavy atom. The molecule has 4 amide bonds. The molecule has 0 atom stereocenters. The zero-order valence-corrected chi connectivity index (χ0v) is 17.2. The highest BCUT2D eigenvalue weighted by Gasteiger charge is 2.64. The fourth-order valence-electron chi connectivity index (χ4n) is 4.55. The van der Waals surface area contributed by atoms with Crippen molar-refractivity contribution in [2.24, 2.45) is 22.3 Å². The summed E-state index contributed by atoms with van der Waals surface area (Å²) in [5, 5.41) is 10.3. The Balaban J connectivity index is 3.72. The van der Waals surface area contributed by atoms with Crippen molar-refractivity contribution in [3.63, 3.8) is 0 Å². The molecular formula is C18H34N6O4. The van der Waals surface area contributed by atoms with Gasteiger partial charge < -0.3 is 32.7 Å². The first-order valence-corrected chi connectivity index (χ1v) is 9.43. The SMILES string of the molecule is CNC(=O)CC1(CC(=O)NC)CCCC(N)(N)C1(CC(=O)NC)CC(=O)NC. The normalized spacial score (nSPS) is 19.2. The van der Waals surface area contributed by atoms with E-state index < -0.39 is 16.5 Å². The van der Waals surface area contributed by atoms with Gasteiger partial charge in [0.15, 0.2) is 0 Å². The summed E-state index contributed by atoms with van der Waals surface area (Å²) in [6, 6.07) is 0. The van der Waals surface area contributed by atoms with E-state index >= 15 is 0 Å². The Kier molecular flexibility index (Phi) is 7.94. The van der Waals surface area contributed by atoms with Crippen LogP contribution in [0.25, 0.3) is 0 Å². The lowest BCUT2D eigenvalue weighted by Gasteiger charge is -2.60. The quantitative estimate of drug-likeness (QED) is 0.266. The number of nitrogens with two attached hydrogens (primary N) is 2. The highest BCUT2D eigenvalue weighted by molar-refractivity contribution is 5.84. The molecule has 1 saturated carbocycles. The van der Waals surface area contributed by atoms with Gasteiger partial charge in [0.2, 0.25) is 23.6 Å². The van der Waals surface area contributed by atoms with Crippen molar-refractivity contribution in [1.29, 1.82) is 0 Å². The molecule has 1 fully saturated rings. The second-order valence-electron chi connectivity index (χ2n) is 7.66. The maximum atomic E-state index is 12.5. The third-order valence-corrected chi connectivity index (χ3v) is 6.19. The van der Waals surface area contributed by atoms with Crippen LogP contribution in [-0.2, 0) is 19.2 Å². The van der Waals surface area contributed by atoms with Crippen LogP contribution >= 0.6 is 0 Å². The molecule has 1 aliphatic rings. The zero-order chi connectivity index (χ0) is 21.6. The van der Waals surface area contributed by atoms with Crippen molar-refractivity contribution in [2.75, 3.05) is 28.2 Å². The summed E-state index contributed by atoms with van der Waals surface area (Å²) in [5.41, 5.74) is 9.27. The number of amides is 4. The minimum Gasteiger partial charge on any atom is -0.359 e. The van der Waals surface area contributed by atoms with Crippen LogP contribution in [-0.4, -0.2) is 57.5 Å². The third-order valence-electron chi connectivity index (χ3n) is 6.19. The standard InChI is InChI=1S/C18H34N6O4/c1-21-12(25)8-16(9-13(26)22-2)6-5-7-18(19,20)17(16,10-14(27)23-3)11-15(28)24-4/h5-11,19-20H2,1-4H3,(H,21,25)(H,22,26)(H,23,27)(H,24,28). The molecule has 160 valence electrons. The molecule has 0 aromatic carbocycles. The smallest absolute Gasteiger partial charge is 0.220 e. The summed E-state index contributed by atoms with van der Waals surface area (Å²) in [5.74, 6) is -1.33. The Morgan fingerprint density at radius 1 is 0.679 bits per heavy atom. The average molecular weight is 399 g/mol. The maximum absolute atomic E-state index is 12.5. The molecule has 8 N–H and O–H groups in total. The summed E-state index contributed by atoms with van der Waals surface area (Å²) in [4.78, 5) is 49.9. The Morgan fingerprint density at radius 2 is 1.04 bits per heavy atom. The van der Waals surface area contributed by atoms with Crippen molar-refractivity contribution < 1.29 is 19.2 Å². The van der Waals surface area contributed by atoms with Crippen molar-refractivity contribution in [3.8, 4) is 0 Å². The van der Waals surface area contributed by atoms with Crippen LogP contribution in [0.5, 0.6) is 0 Å². The van der Waals surface area contributed by atoms with Gasteiger partial charge in [-0.1, -0.05) is 0 Å². The van der Waals surface area contributed by atoms with E-state index in [-0.39, 0.29) is 49.3 Å². The van der Waals surface area contributed by atoms with E-state index in [4.69, 9.17) is 11.5 Å². The van der Waals surface area contributed by atoms with Crippen LogP contribution in [0.2, 0.25) is 0 Å². The zero-order valence-electron chi connectivity index (χ0n) is 17.2. The number of carbonyl (C=O) groups is 4. The van der Waals surface area contributed by atoms with E-state index in [9.17, 15) is 19.2 Å². The van der Waals surface area contributed by atoms with Gasteiger partial charge in [0.25, 0.3) is 0 Å². The second kappa shape index (κ2) is 9.33. The minimum atomic E-state index is -1.42. The summed E-state index contributed by atoms with van der Waals surface area (Å²) < 4.78 is 0. The van der Waals surface area contributed by atoms with Gasteiger partial charge in [0.05, 0.1) is 5.66 Å².